The maximum absolute atomic E-state index is 11.7. The molecule has 1 fully saturated rings. The standard InChI is InChI=1S/C13H25N3O3/c1-9(2)7-10(12(17)18)8-15-13(19)16-11-3-5-14-6-4-11/h9-11,14H,3-8H2,1-2H3,(H,17,18)(H2,15,16,19). The molecule has 0 aromatic rings. The molecule has 0 aromatic carbocycles. The Morgan fingerprint density at radius 2 is 1.95 bits per heavy atom. The summed E-state index contributed by atoms with van der Waals surface area (Å²) in [6.45, 7) is 5.96. The molecule has 6 nitrogen and oxygen atoms in total. The van der Waals surface area contributed by atoms with Crippen LogP contribution in [0.3, 0.4) is 0 Å². The quantitative estimate of drug-likeness (QED) is 0.575. The predicted octanol–water partition coefficient (Wildman–Crippen LogP) is 0.785. The number of rotatable bonds is 6. The lowest BCUT2D eigenvalue weighted by Crippen LogP contribution is -2.48. The van der Waals surface area contributed by atoms with Crippen molar-refractivity contribution in [2.24, 2.45) is 11.8 Å². The van der Waals surface area contributed by atoms with E-state index >= 15 is 0 Å². The fraction of sp³-hybridized carbons (Fsp3) is 0.846. The SMILES string of the molecule is CC(C)CC(CNC(=O)NC1CCNCC1)C(=O)O. The molecule has 0 aromatic heterocycles. The van der Waals surface area contributed by atoms with E-state index in [1.807, 2.05) is 13.8 Å². The molecule has 1 atom stereocenters. The molecule has 0 aliphatic carbocycles. The molecular weight excluding hydrogens is 246 g/mol. The van der Waals surface area contributed by atoms with Gasteiger partial charge in [-0.3, -0.25) is 4.79 Å². The molecule has 4 N–H and O–H groups in total. The lowest BCUT2D eigenvalue weighted by Gasteiger charge is -2.24. The summed E-state index contributed by atoms with van der Waals surface area (Å²) in [5.74, 6) is -1.06. The van der Waals surface area contributed by atoms with Crippen LogP contribution in [-0.4, -0.2) is 42.8 Å². The second-order valence-corrected chi connectivity index (χ2v) is 5.54. The van der Waals surface area contributed by atoms with Crippen LogP contribution in [0, 0.1) is 11.8 Å². The van der Waals surface area contributed by atoms with Crippen LogP contribution in [0.2, 0.25) is 0 Å². The van der Waals surface area contributed by atoms with Gasteiger partial charge in [0, 0.05) is 12.6 Å². The monoisotopic (exact) mass is 271 g/mol. The summed E-state index contributed by atoms with van der Waals surface area (Å²) in [6.07, 6.45) is 2.41. The number of carboxylic acids is 1. The number of amides is 2. The molecule has 2 amide bonds. The van der Waals surface area contributed by atoms with Crippen molar-refractivity contribution in [3.8, 4) is 0 Å². The molecule has 0 bridgehead atoms. The molecule has 0 radical (unpaired) electrons. The van der Waals surface area contributed by atoms with Crippen LogP contribution in [0.25, 0.3) is 0 Å². The fourth-order valence-corrected chi connectivity index (χ4v) is 2.26. The Morgan fingerprint density at radius 1 is 1.32 bits per heavy atom. The number of carbonyl (C=O) groups is 2. The van der Waals surface area contributed by atoms with Gasteiger partial charge in [0.05, 0.1) is 5.92 Å². The minimum atomic E-state index is -0.851. The first-order chi connectivity index (χ1) is 8.99. The van der Waals surface area contributed by atoms with Gasteiger partial charge in [-0.2, -0.15) is 0 Å². The summed E-state index contributed by atoms with van der Waals surface area (Å²) in [5.41, 5.74) is 0. The topological polar surface area (TPSA) is 90.5 Å². The number of urea groups is 1. The van der Waals surface area contributed by atoms with E-state index in [1.165, 1.54) is 0 Å². The number of nitrogens with one attached hydrogen (secondary N) is 3. The number of hydrogen-bond acceptors (Lipinski definition) is 3. The summed E-state index contributed by atoms with van der Waals surface area (Å²) in [6, 6.07) is -0.0727. The van der Waals surface area contributed by atoms with Gasteiger partial charge < -0.3 is 21.1 Å². The Hall–Kier alpha value is -1.30. The number of carbonyl (C=O) groups excluding carboxylic acids is 1. The number of hydrogen-bond donors (Lipinski definition) is 4. The summed E-state index contributed by atoms with van der Waals surface area (Å²) < 4.78 is 0. The number of piperidine rings is 1. The van der Waals surface area contributed by atoms with Gasteiger partial charge in [-0.05, 0) is 38.3 Å². The van der Waals surface area contributed by atoms with Crippen LogP contribution >= 0.6 is 0 Å². The van der Waals surface area contributed by atoms with E-state index in [4.69, 9.17) is 5.11 Å². The maximum atomic E-state index is 11.7. The van der Waals surface area contributed by atoms with E-state index in [-0.39, 0.29) is 18.6 Å². The molecule has 6 heteroatoms. The molecule has 1 heterocycles. The van der Waals surface area contributed by atoms with Gasteiger partial charge in [0.2, 0.25) is 0 Å². The van der Waals surface area contributed by atoms with Crippen LogP contribution in [0.5, 0.6) is 0 Å². The lowest BCUT2D eigenvalue weighted by molar-refractivity contribution is -0.142. The third-order valence-corrected chi connectivity index (χ3v) is 3.29. The normalized spacial score (nSPS) is 18.1. The summed E-state index contributed by atoms with van der Waals surface area (Å²) >= 11 is 0. The van der Waals surface area contributed by atoms with Gasteiger partial charge in [0.1, 0.15) is 0 Å². The van der Waals surface area contributed by atoms with Gasteiger partial charge >= 0.3 is 12.0 Å². The number of aliphatic carboxylic acids is 1. The molecule has 0 saturated carbocycles. The molecule has 110 valence electrons. The van der Waals surface area contributed by atoms with Gasteiger partial charge in [-0.1, -0.05) is 13.8 Å². The molecule has 1 aliphatic rings. The van der Waals surface area contributed by atoms with Crippen molar-refractivity contribution in [3.05, 3.63) is 0 Å². The average molecular weight is 271 g/mol. The largest absolute Gasteiger partial charge is 0.481 e. The Morgan fingerprint density at radius 3 is 2.47 bits per heavy atom. The Balaban J connectivity index is 2.28. The molecule has 0 spiro atoms. The third-order valence-electron chi connectivity index (χ3n) is 3.29. The molecule has 1 saturated heterocycles. The highest BCUT2D eigenvalue weighted by Gasteiger charge is 2.20. The fourth-order valence-electron chi connectivity index (χ4n) is 2.26. The Kier molecular flexibility index (Phi) is 6.62. The van der Waals surface area contributed by atoms with Gasteiger partial charge in [-0.15, -0.1) is 0 Å². The smallest absolute Gasteiger partial charge is 0.315 e. The average Bonchev–Trinajstić information content (AvgIpc) is 2.35. The van der Waals surface area contributed by atoms with E-state index in [9.17, 15) is 9.59 Å². The zero-order valence-electron chi connectivity index (χ0n) is 11.7. The van der Waals surface area contributed by atoms with Crippen molar-refractivity contribution in [2.45, 2.75) is 39.2 Å². The van der Waals surface area contributed by atoms with E-state index in [2.05, 4.69) is 16.0 Å². The first-order valence-corrected chi connectivity index (χ1v) is 6.97. The van der Waals surface area contributed by atoms with Crippen molar-refractivity contribution >= 4 is 12.0 Å². The van der Waals surface area contributed by atoms with Crippen molar-refractivity contribution in [1.82, 2.24) is 16.0 Å². The molecule has 19 heavy (non-hydrogen) atoms. The van der Waals surface area contributed by atoms with Crippen molar-refractivity contribution in [3.63, 3.8) is 0 Å². The first kappa shape index (κ1) is 15.8. The Labute approximate surface area is 114 Å². The van der Waals surface area contributed by atoms with Crippen molar-refractivity contribution in [1.29, 1.82) is 0 Å². The van der Waals surface area contributed by atoms with Crippen molar-refractivity contribution < 1.29 is 14.7 Å². The van der Waals surface area contributed by atoms with Crippen LogP contribution in [0.15, 0.2) is 0 Å². The summed E-state index contributed by atoms with van der Waals surface area (Å²) in [4.78, 5) is 22.7. The van der Waals surface area contributed by atoms with Crippen LogP contribution in [0.4, 0.5) is 4.79 Å². The molecular formula is C13H25N3O3. The second kappa shape index (κ2) is 7.99. The van der Waals surface area contributed by atoms with E-state index in [1.54, 1.807) is 0 Å². The van der Waals surface area contributed by atoms with Gasteiger partial charge in [-0.25, -0.2) is 4.79 Å². The maximum Gasteiger partial charge on any atom is 0.315 e. The predicted molar refractivity (Wildman–Crippen MR) is 73.0 cm³/mol. The highest BCUT2D eigenvalue weighted by Crippen LogP contribution is 2.11. The van der Waals surface area contributed by atoms with Crippen molar-refractivity contribution in [2.75, 3.05) is 19.6 Å². The van der Waals surface area contributed by atoms with Gasteiger partial charge in [0.15, 0.2) is 0 Å². The first-order valence-electron chi connectivity index (χ1n) is 6.97. The summed E-state index contributed by atoms with van der Waals surface area (Å²) in [5, 5.41) is 17.9. The lowest BCUT2D eigenvalue weighted by atomic mass is 9.97. The Bertz CT molecular complexity index is 302. The van der Waals surface area contributed by atoms with Crippen LogP contribution < -0.4 is 16.0 Å². The third kappa shape index (κ3) is 6.42. The minimum Gasteiger partial charge on any atom is -0.481 e. The van der Waals surface area contributed by atoms with Gasteiger partial charge in [0.25, 0.3) is 0 Å². The zero-order valence-corrected chi connectivity index (χ0v) is 11.7. The van der Waals surface area contributed by atoms with E-state index in [0.717, 1.165) is 25.9 Å². The van der Waals surface area contributed by atoms with Crippen LogP contribution in [0.1, 0.15) is 33.1 Å². The van der Waals surface area contributed by atoms with E-state index < -0.39 is 11.9 Å². The highest BCUT2D eigenvalue weighted by molar-refractivity contribution is 5.76. The molecule has 1 aliphatic heterocycles. The summed E-state index contributed by atoms with van der Waals surface area (Å²) in [7, 11) is 0. The zero-order chi connectivity index (χ0) is 14.3. The minimum absolute atomic E-state index is 0.185. The van der Waals surface area contributed by atoms with Crippen LogP contribution in [-0.2, 0) is 4.79 Å². The molecule has 1 rings (SSSR count). The number of carboxylic acid groups (broad SMARTS) is 1. The second-order valence-electron chi connectivity index (χ2n) is 5.54. The molecule has 1 unspecified atom stereocenters. The highest BCUT2D eigenvalue weighted by atomic mass is 16.4. The van der Waals surface area contributed by atoms with E-state index in [0.29, 0.717) is 12.3 Å².